The summed E-state index contributed by atoms with van der Waals surface area (Å²) in [6, 6.07) is 11.4. The third-order valence-corrected chi connectivity index (χ3v) is 16.8. The van der Waals surface area contributed by atoms with Crippen molar-refractivity contribution < 1.29 is 42.9 Å². The average Bonchev–Trinajstić information content (AvgIpc) is 4.34. The first-order chi connectivity index (χ1) is 38.1. The molecular weight excluding hydrogens is 1030 g/mol. The van der Waals surface area contributed by atoms with E-state index < -0.39 is 35.2 Å². The van der Waals surface area contributed by atoms with Crippen LogP contribution in [0.3, 0.4) is 0 Å². The van der Waals surface area contributed by atoms with Crippen molar-refractivity contribution in [2.24, 2.45) is 5.41 Å². The average molecular weight is 1100 g/mol. The summed E-state index contributed by atoms with van der Waals surface area (Å²) >= 11 is 1.55. The van der Waals surface area contributed by atoms with Crippen LogP contribution in [-0.2, 0) is 19.1 Å². The Kier molecular flexibility index (Phi) is 16.7. The lowest BCUT2D eigenvalue weighted by atomic mass is 9.85. The van der Waals surface area contributed by atoms with E-state index in [-0.39, 0.29) is 102 Å². The van der Waals surface area contributed by atoms with Crippen LogP contribution in [0.4, 0.5) is 14.6 Å². The highest BCUT2D eigenvalue weighted by Gasteiger charge is 2.42. The highest BCUT2D eigenvalue weighted by atomic mass is 32.1. The standard InChI is InChI=1S/C59H68F2N10O7S/c1-6-42-45(60)19-16-37-26-41(73)27-43(49(37)42)51-50(61)52-44(28-62-51)55(70-29-38-17-18-39(30-70)64-38)68-58(67-52)78-32-40-10-7-21-69(40)22-9-24-77-25-20-48(74)66-54(59(3,4)5)57(76)71-23-8-11-47(71)56(75)65-46(31-72)35-12-14-36(15-13-35)53-34(2)63-33-79-53/h1,12-16,19,26-28,33,38-40,46-47,54,64,72-73H,7-11,17-18,20-25,29-32H2,2-5H3,(H,65,75)(H,66,74)/t38?,39?,40-,46-,47-,54+/m0/s1. The fraction of sp³-hybridized carbons (Fsp3) is 0.475. The molecule has 17 nitrogen and oxygen atoms in total. The minimum Gasteiger partial charge on any atom is -0.508 e. The molecule has 2 unspecified atom stereocenters. The van der Waals surface area contributed by atoms with Crippen molar-refractivity contribution in [2.75, 3.05) is 64.1 Å². The highest BCUT2D eigenvalue weighted by molar-refractivity contribution is 7.13. The van der Waals surface area contributed by atoms with E-state index in [0.717, 1.165) is 53.9 Å². The fourth-order valence-corrected chi connectivity index (χ4v) is 12.5. The van der Waals surface area contributed by atoms with Gasteiger partial charge in [0, 0.05) is 74.5 Å². The predicted molar refractivity (Wildman–Crippen MR) is 298 cm³/mol. The molecule has 4 aliphatic rings. The largest absolute Gasteiger partial charge is 0.508 e. The topological polar surface area (TPSA) is 208 Å². The molecule has 6 aromatic rings. The van der Waals surface area contributed by atoms with E-state index in [4.69, 9.17) is 20.9 Å². The maximum Gasteiger partial charge on any atom is 0.319 e. The number of halogens is 2. The Hall–Kier alpha value is -6.89. The molecular formula is C59H68F2N10O7S. The molecule has 3 amide bonds. The second-order valence-electron chi connectivity index (χ2n) is 22.3. The van der Waals surface area contributed by atoms with Crippen molar-refractivity contribution in [2.45, 2.75) is 115 Å². The molecule has 4 aliphatic heterocycles. The highest BCUT2D eigenvalue weighted by Crippen LogP contribution is 2.40. The van der Waals surface area contributed by atoms with Crippen molar-refractivity contribution >= 4 is 56.6 Å². The van der Waals surface area contributed by atoms with Crippen LogP contribution in [0.5, 0.6) is 11.8 Å². The number of aryl methyl sites for hydroxylation is 1. The lowest BCUT2D eigenvalue weighted by Gasteiger charge is -2.35. The molecule has 6 atom stereocenters. The maximum atomic E-state index is 17.1. The number of aromatic hydroxyl groups is 1. The molecule has 79 heavy (non-hydrogen) atoms. The summed E-state index contributed by atoms with van der Waals surface area (Å²) in [5, 5.41) is 31.7. The first-order valence-electron chi connectivity index (χ1n) is 27.3. The molecule has 3 aromatic heterocycles. The van der Waals surface area contributed by atoms with Crippen LogP contribution in [-0.4, -0.2) is 147 Å². The maximum absolute atomic E-state index is 17.1. The number of aromatic nitrogens is 4. The number of amides is 3. The number of thiazole rings is 1. The number of nitrogens with one attached hydrogen (secondary N) is 3. The normalized spacial score (nSPS) is 20.2. The summed E-state index contributed by atoms with van der Waals surface area (Å²) in [7, 11) is 0. The number of aliphatic hydroxyl groups is 1. The molecule has 4 fully saturated rings. The number of piperazine rings is 1. The van der Waals surface area contributed by atoms with Crippen LogP contribution in [0.15, 0.2) is 60.2 Å². The SMILES string of the molecule is C#Cc1c(F)ccc2cc(O)cc(-c3ncc4c(N5CC6CCC(C5)N6)nc(OC[C@@H]5CCCN5CCCOCCC(=O)N[C@H](C(=O)N5CCC[C@H]5C(=O)N[C@@H](CO)c5ccc(-c6scnc6C)cc5)C(C)(C)C)nc4c3F)c12. The Labute approximate surface area is 462 Å². The zero-order valence-corrected chi connectivity index (χ0v) is 45.9. The van der Waals surface area contributed by atoms with Crippen LogP contribution in [0.2, 0.25) is 0 Å². The van der Waals surface area contributed by atoms with Gasteiger partial charge in [0.25, 0.3) is 0 Å². The summed E-state index contributed by atoms with van der Waals surface area (Å²) < 4.78 is 44.5. The number of ether oxygens (including phenoxy) is 2. The van der Waals surface area contributed by atoms with Gasteiger partial charge in [0.15, 0.2) is 5.82 Å². The number of terminal acetylenes is 1. The second kappa shape index (κ2) is 23.8. The van der Waals surface area contributed by atoms with Gasteiger partial charge in [-0.25, -0.2) is 13.8 Å². The minimum atomic E-state index is -0.892. The van der Waals surface area contributed by atoms with Gasteiger partial charge in [0.1, 0.15) is 47.3 Å². The smallest absolute Gasteiger partial charge is 0.319 e. The number of anilines is 1. The number of fused-ring (bicyclic) bond motifs is 4. The molecule has 5 N–H and O–H groups in total. The van der Waals surface area contributed by atoms with E-state index in [0.29, 0.717) is 68.6 Å². The van der Waals surface area contributed by atoms with Crippen LogP contribution in [0, 0.1) is 36.3 Å². The number of likely N-dealkylation sites (tertiary alicyclic amines) is 2. The van der Waals surface area contributed by atoms with Gasteiger partial charge in [-0.3, -0.25) is 24.3 Å². The summed E-state index contributed by atoms with van der Waals surface area (Å²) in [5.74, 6) is 0.289. The number of carbonyl (C=O) groups excluding carboxylic acids is 3. The van der Waals surface area contributed by atoms with Gasteiger partial charge < -0.3 is 45.4 Å². The van der Waals surface area contributed by atoms with Crippen LogP contribution < -0.4 is 25.6 Å². The minimum absolute atomic E-state index is 0.0163. The number of phenols is 1. The van der Waals surface area contributed by atoms with Gasteiger partial charge >= 0.3 is 6.01 Å². The quantitative estimate of drug-likeness (QED) is 0.0402. The zero-order chi connectivity index (χ0) is 55.5. The number of aliphatic hydroxyl groups excluding tert-OH is 1. The van der Waals surface area contributed by atoms with E-state index in [1.807, 2.05) is 52.0 Å². The molecule has 0 saturated carbocycles. The number of hydrogen-bond donors (Lipinski definition) is 5. The number of benzene rings is 3. The van der Waals surface area contributed by atoms with E-state index in [2.05, 4.69) is 46.6 Å². The summed E-state index contributed by atoms with van der Waals surface area (Å²) in [5.41, 5.74) is 3.70. The Morgan fingerprint density at radius 1 is 0.975 bits per heavy atom. The Morgan fingerprint density at radius 3 is 2.47 bits per heavy atom. The molecule has 0 radical (unpaired) electrons. The second-order valence-corrected chi connectivity index (χ2v) is 23.1. The predicted octanol–water partition coefficient (Wildman–Crippen LogP) is 7.19. The lowest BCUT2D eigenvalue weighted by molar-refractivity contribution is -0.144. The van der Waals surface area contributed by atoms with Gasteiger partial charge in [-0.05, 0) is 98.5 Å². The van der Waals surface area contributed by atoms with Gasteiger partial charge in [-0.2, -0.15) is 9.97 Å². The Bertz CT molecular complexity index is 3260. The van der Waals surface area contributed by atoms with Crippen LogP contribution in [0.1, 0.15) is 95.0 Å². The van der Waals surface area contributed by atoms with Crippen molar-refractivity contribution in [1.29, 1.82) is 0 Å². The molecule has 4 saturated heterocycles. The van der Waals surface area contributed by atoms with E-state index in [1.54, 1.807) is 21.7 Å². The van der Waals surface area contributed by atoms with E-state index >= 15 is 8.78 Å². The fourth-order valence-electron chi connectivity index (χ4n) is 11.7. The monoisotopic (exact) mass is 1100 g/mol. The van der Waals surface area contributed by atoms with Crippen molar-refractivity contribution in [3.8, 4) is 45.8 Å². The third-order valence-electron chi connectivity index (χ3n) is 15.8. The zero-order valence-electron chi connectivity index (χ0n) is 45.1. The van der Waals surface area contributed by atoms with E-state index in [9.17, 15) is 24.6 Å². The first-order valence-corrected chi connectivity index (χ1v) is 28.2. The third kappa shape index (κ3) is 12.0. The Morgan fingerprint density at radius 2 is 1.75 bits per heavy atom. The van der Waals surface area contributed by atoms with E-state index in [1.165, 1.54) is 30.5 Å². The number of nitrogens with zero attached hydrogens (tertiary/aromatic N) is 7. The molecule has 7 heterocycles. The number of carbonyl (C=O) groups is 3. The number of rotatable bonds is 19. The molecule has 3 aromatic carbocycles. The van der Waals surface area contributed by atoms with Crippen LogP contribution in [0.25, 0.3) is 43.4 Å². The summed E-state index contributed by atoms with van der Waals surface area (Å²) in [6.45, 7) is 11.3. The number of hydrogen-bond acceptors (Lipinski definition) is 15. The van der Waals surface area contributed by atoms with Gasteiger partial charge in [0.05, 0.1) is 46.3 Å². The molecule has 2 bridgehead atoms. The van der Waals surface area contributed by atoms with Gasteiger partial charge in [-0.1, -0.05) is 57.0 Å². The van der Waals surface area contributed by atoms with Crippen LogP contribution >= 0.6 is 11.3 Å². The van der Waals surface area contributed by atoms with Crippen molar-refractivity contribution in [1.82, 2.24) is 45.7 Å². The summed E-state index contributed by atoms with van der Waals surface area (Å²) in [6.07, 6.45) is 13.0. The lowest BCUT2D eigenvalue weighted by Crippen LogP contribution is -2.58. The number of pyridine rings is 1. The first kappa shape index (κ1) is 55.4. The van der Waals surface area contributed by atoms with Gasteiger partial charge in [0.2, 0.25) is 17.7 Å². The number of phenolic OH excluding ortho intramolecular Hbond substituents is 1. The molecule has 0 spiro atoms. The molecule has 0 aliphatic carbocycles. The van der Waals surface area contributed by atoms with Gasteiger partial charge in [-0.15, -0.1) is 17.8 Å². The molecule has 416 valence electrons. The van der Waals surface area contributed by atoms with Crippen molar-refractivity contribution in [3.05, 3.63) is 88.7 Å². The molecule has 10 rings (SSSR count). The molecule has 20 heteroatoms. The summed E-state index contributed by atoms with van der Waals surface area (Å²) in [4.78, 5) is 66.9. The Balaban J connectivity index is 0.732. The van der Waals surface area contributed by atoms with Crippen molar-refractivity contribution in [3.63, 3.8) is 0 Å².